The Balaban J connectivity index is 0.00000113. The highest BCUT2D eigenvalue weighted by atomic mass is 35.5. The largest absolute Gasteiger partial charge is 0.341 e. The number of carbonyl (C=O) groups excluding carboxylic acids is 1. The zero-order valence-corrected chi connectivity index (χ0v) is 16.6. The molecule has 1 aromatic carbocycles. The van der Waals surface area contributed by atoms with E-state index in [-0.39, 0.29) is 24.8 Å². The van der Waals surface area contributed by atoms with Crippen LogP contribution in [0.5, 0.6) is 0 Å². The number of thiazole rings is 1. The summed E-state index contributed by atoms with van der Waals surface area (Å²) in [5.41, 5.74) is 1.08. The second-order valence-corrected chi connectivity index (χ2v) is 7.81. The molecule has 1 amide bonds. The molecule has 2 bridgehead atoms. The maximum Gasteiger partial charge on any atom is 0.222 e. The van der Waals surface area contributed by atoms with E-state index in [1.165, 1.54) is 17.5 Å². The molecule has 4 rings (SSSR count). The van der Waals surface area contributed by atoms with Gasteiger partial charge in [0.25, 0.3) is 0 Å². The number of halogens is 2. The fourth-order valence-electron chi connectivity index (χ4n) is 3.75. The minimum atomic E-state index is 0. The highest BCUT2D eigenvalue weighted by Gasteiger charge is 2.30. The maximum absolute atomic E-state index is 12.5. The van der Waals surface area contributed by atoms with Gasteiger partial charge in [-0.2, -0.15) is 0 Å². The minimum Gasteiger partial charge on any atom is -0.341 e. The van der Waals surface area contributed by atoms with Crippen molar-refractivity contribution in [2.75, 3.05) is 13.1 Å². The highest BCUT2D eigenvalue weighted by Crippen LogP contribution is 2.24. The third-order valence-corrected chi connectivity index (χ3v) is 6.09. The normalized spacial score (nSPS) is 22.2. The molecule has 2 aliphatic heterocycles. The smallest absolute Gasteiger partial charge is 0.222 e. The van der Waals surface area contributed by atoms with Crippen molar-refractivity contribution in [3.63, 3.8) is 0 Å². The second-order valence-electron chi connectivity index (χ2n) is 6.70. The number of fused-ring (bicyclic) bond motifs is 3. The summed E-state index contributed by atoms with van der Waals surface area (Å²) >= 11 is 1.75. The molecule has 0 aliphatic carbocycles. The third-order valence-electron chi connectivity index (χ3n) is 5.00. The van der Waals surface area contributed by atoms with Gasteiger partial charge in [0.1, 0.15) is 0 Å². The van der Waals surface area contributed by atoms with Crippen molar-refractivity contribution >= 4 is 52.3 Å². The van der Waals surface area contributed by atoms with E-state index in [0.29, 0.717) is 24.4 Å². The first-order chi connectivity index (χ1) is 11.3. The molecule has 7 heteroatoms. The summed E-state index contributed by atoms with van der Waals surface area (Å²) in [6.45, 7) is 1.82. The van der Waals surface area contributed by atoms with Crippen LogP contribution in [0.3, 0.4) is 0 Å². The van der Waals surface area contributed by atoms with Crippen LogP contribution >= 0.6 is 36.2 Å². The Labute approximate surface area is 165 Å². The van der Waals surface area contributed by atoms with Crippen molar-refractivity contribution < 1.29 is 4.79 Å². The number of likely N-dealkylation sites (tertiary alicyclic amines) is 1. The fourth-order valence-corrected chi connectivity index (χ4v) is 4.75. The Morgan fingerprint density at radius 3 is 2.84 bits per heavy atom. The van der Waals surface area contributed by atoms with Crippen molar-refractivity contribution in [2.45, 2.75) is 50.6 Å². The van der Waals surface area contributed by atoms with E-state index in [1.54, 1.807) is 11.3 Å². The van der Waals surface area contributed by atoms with E-state index in [2.05, 4.69) is 33.4 Å². The Bertz CT molecular complexity index is 675. The number of benzene rings is 1. The lowest BCUT2D eigenvalue weighted by Crippen LogP contribution is -2.38. The van der Waals surface area contributed by atoms with Crippen LogP contribution in [-0.4, -0.2) is 41.0 Å². The van der Waals surface area contributed by atoms with Crippen LogP contribution in [0.1, 0.15) is 37.1 Å². The number of aryl methyl sites for hydroxylation is 1. The molecule has 2 aliphatic rings. The van der Waals surface area contributed by atoms with Gasteiger partial charge < -0.3 is 10.2 Å². The third kappa shape index (κ3) is 4.85. The Morgan fingerprint density at radius 1 is 1.20 bits per heavy atom. The Kier molecular flexibility index (Phi) is 7.50. The number of carbonyl (C=O) groups is 1. The highest BCUT2D eigenvalue weighted by molar-refractivity contribution is 7.18. The van der Waals surface area contributed by atoms with Crippen LogP contribution in [0.25, 0.3) is 10.2 Å². The summed E-state index contributed by atoms with van der Waals surface area (Å²) in [5, 5.41) is 4.78. The average molecular weight is 402 g/mol. The number of nitrogens with one attached hydrogen (secondary N) is 1. The quantitative estimate of drug-likeness (QED) is 0.846. The molecule has 2 aromatic rings. The van der Waals surface area contributed by atoms with E-state index >= 15 is 0 Å². The first-order valence-electron chi connectivity index (χ1n) is 8.66. The zero-order chi connectivity index (χ0) is 15.6. The number of rotatable bonds is 4. The van der Waals surface area contributed by atoms with Crippen LogP contribution in [0.2, 0.25) is 0 Å². The maximum atomic E-state index is 12.5. The fraction of sp³-hybridized carbons (Fsp3) is 0.556. The van der Waals surface area contributed by atoms with Gasteiger partial charge in [-0.1, -0.05) is 12.1 Å². The van der Waals surface area contributed by atoms with Crippen molar-refractivity contribution in [2.24, 2.45) is 0 Å². The molecule has 0 radical (unpaired) electrons. The first-order valence-corrected chi connectivity index (χ1v) is 9.48. The molecule has 2 atom stereocenters. The number of amides is 1. The van der Waals surface area contributed by atoms with E-state index in [4.69, 9.17) is 0 Å². The monoisotopic (exact) mass is 401 g/mol. The second kappa shape index (κ2) is 9.17. The summed E-state index contributed by atoms with van der Waals surface area (Å²) in [5.74, 6) is 0.320. The summed E-state index contributed by atoms with van der Waals surface area (Å²) in [4.78, 5) is 19.2. The first kappa shape index (κ1) is 20.4. The summed E-state index contributed by atoms with van der Waals surface area (Å²) in [6.07, 6.45) is 6.07. The molecule has 2 saturated heterocycles. The predicted octanol–water partition coefficient (Wildman–Crippen LogP) is 3.82. The van der Waals surface area contributed by atoms with Crippen LogP contribution in [0.4, 0.5) is 0 Å². The number of hydrogen-bond acceptors (Lipinski definition) is 4. The van der Waals surface area contributed by atoms with Crippen LogP contribution < -0.4 is 5.32 Å². The molecule has 3 heterocycles. The molecule has 1 N–H and O–H groups in total. The average Bonchev–Trinajstić information content (AvgIpc) is 3.09. The predicted molar refractivity (Wildman–Crippen MR) is 108 cm³/mol. The number of para-hydroxylation sites is 1. The van der Waals surface area contributed by atoms with E-state index < -0.39 is 0 Å². The molecular weight excluding hydrogens is 377 g/mol. The molecule has 2 fully saturated rings. The van der Waals surface area contributed by atoms with Crippen molar-refractivity contribution in [1.29, 1.82) is 0 Å². The molecule has 138 valence electrons. The van der Waals surface area contributed by atoms with Gasteiger partial charge in [-0.25, -0.2) is 4.98 Å². The number of nitrogens with zero attached hydrogens (tertiary/aromatic N) is 2. The van der Waals surface area contributed by atoms with Gasteiger partial charge in [-0.15, -0.1) is 36.2 Å². The van der Waals surface area contributed by atoms with E-state index in [9.17, 15) is 4.79 Å². The lowest BCUT2D eigenvalue weighted by molar-refractivity contribution is -0.131. The molecule has 2 unspecified atom stereocenters. The van der Waals surface area contributed by atoms with Gasteiger partial charge in [0.05, 0.1) is 15.2 Å². The molecule has 0 saturated carbocycles. The lowest BCUT2D eigenvalue weighted by Gasteiger charge is -2.24. The summed E-state index contributed by atoms with van der Waals surface area (Å²) in [7, 11) is 0. The van der Waals surface area contributed by atoms with Crippen LogP contribution in [-0.2, 0) is 11.2 Å². The summed E-state index contributed by atoms with van der Waals surface area (Å²) < 4.78 is 1.24. The van der Waals surface area contributed by atoms with Crippen molar-refractivity contribution in [3.05, 3.63) is 29.3 Å². The molecular formula is C18H25Cl2N3OS. The van der Waals surface area contributed by atoms with Gasteiger partial charge in [-0.05, 0) is 44.2 Å². The molecule has 0 spiro atoms. The van der Waals surface area contributed by atoms with Gasteiger partial charge in [0, 0.05) is 31.6 Å². The van der Waals surface area contributed by atoms with Crippen molar-refractivity contribution in [1.82, 2.24) is 15.2 Å². The number of hydrogen-bond donors (Lipinski definition) is 1. The lowest BCUT2D eigenvalue weighted by atomic mass is 10.1. The topological polar surface area (TPSA) is 45.2 Å². The molecule has 25 heavy (non-hydrogen) atoms. The zero-order valence-electron chi connectivity index (χ0n) is 14.1. The number of aromatic nitrogens is 1. The van der Waals surface area contributed by atoms with E-state index in [1.807, 2.05) is 6.07 Å². The molecule has 1 aromatic heterocycles. The van der Waals surface area contributed by atoms with Gasteiger partial charge >= 0.3 is 0 Å². The van der Waals surface area contributed by atoms with Gasteiger partial charge in [0.15, 0.2) is 0 Å². The van der Waals surface area contributed by atoms with Crippen molar-refractivity contribution in [3.8, 4) is 0 Å². The van der Waals surface area contributed by atoms with Gasteiger partial charge in [-0.3, -0.25) is 4.79 Å². The van der Waals surface area contributed by atoms with Gasteiger partial charge in [0.2, 0.25) is 5.91 Å². The Morgan fingerprint density at radius 2 is 2.00 bits per heavy atom. The summed E-state index contributed by atoms with van der Waals surface area (Å²) in [6, 6.07) is 9.41. The van der Waals surface area contributed by atoms with Crippen LogP contribution in [0, 0.1) is 0 Å². The van der Waals surface area contributed by atoms with E-state index in [0.717, 1.165) is 42.9 Å². The standard InChI is InChI=1S/C18H23N3OS.2ClH/c22-18(21-11-10-13-8-9-14(12-21)19-13)7-3-6-17-20-15-4-1-2-5-16(15)23-17;;/h1-2,4-5,13-14,19H,3,6-12H2;2*1H. The Hall–Kier alpha value is -0.880. The molecule has 4 nitrogen and oxygen atoms in total. The minimum absolute atomic E-state index is 0. The van der Waals surface area contributed by atoms with Crippen LogP contribution in [0.15, 0.2) is 24.3 Å². The SMILES string of the molecule is Cl.Cl.O=C(CCCc1nc2ccccc2s1)N1CCC2CCC(C1)N2.